The highest BCUT2D eigenvalue weighted by Gasteiger charge is 2.10. The predicted octanol–water partition coefficient (Wildman–Crippen LogP) is 5.32. The van der Waals surface area contributed by atoms with Gasteiger partial charge in [0.25, 0.3) is 5.91 Å². The van der Waals surface area contributed by atoms with E-state index in [4.69, 9.17) is 44.3 Å². The van der Waals surface area contributed by atoms with Gasteiger partial charge in [-0.15, -0.1) is 0 Å². The lowest BCUT2D eigenvalue weighted by molar-refractivity contribution is -0.123. The van der Waals surface area contributed by atoms with E-state index in [1.165, 1.54) is 12.1 Å². The molecule has 0 saturated heterocycles. The second-order valence-electron chi connectivity index (χ2n) is 6.02. The molecule has 0 unspecified atom stereocenters. The molecule has 0 aliphatic heterocycles. The van der Waals surface area contributed by atoms with Gasteiger partial charge in [-0.25, -0.2) is 0 Å². The first kappa shape index (κ1) is 21.2. The van der Waals surface area contributed by atoms with Gasteiger partial charge in [-0.05, 0) is 35.9 Å². The van der Waals surface area contributed by atoms with E-state index in [9.17, 15) is 4.79 Å². The van der Waals surface area contributed by atoms with Gasteiger partial charge in [0.05, 0.1) is 20.8 Å². The second-order valence-corrected chi connectivity index (χ2v) is 7.24. The quantitative estimate of drug-likeness (QED) is 0.471. The van der Waals surface area contributed by atoms with Gasteiger partial charge in [-0.3, -0.25) is 9.78 Å². The summed E-state index contributed by atoms with van der Waals surface area (Å²) >= 11 is 17.8. The number of rotatable bonds is 8. The summed E-state index contributed by atoms with van der Waals surface area (Å²) in [6, 6.07) is 16.1. The number of carbonyl (C=O) groups excluding carboxylic acids is 1. The van der Waals surface area contributed by atoms with Gasteiger partial charge in [-0.2, -0.15) is 0 Å². The van der Waals surface area contributed by atoms with Crippen LogP contribution in [0.3, 0.4) is 0 Å². The number of carbonyl (C=O) groups is 1. The molecule has 3 rings (SSSR count). The number of ether oxygens (including phenoxy) is 2. The molecule has 0 bridgehead atoms. The van der Waals surface area contributed by atoms with Crippen molar-refractivity contribution < 1.29 is 14.3 Å². The lowest BCUT2D eigenvalue weighted by Crippen LogP contribution is -2.28. The van der Waals surface area contributed by atoms with Crippen molar-refractivity contribution in [3.8, 4) is 11.5 Å². The molecule has 0 atom stereocenters. The standard InChI is InChI=1S/C21H17Cl3N2O3/c22-17-9-19(24)20(10-18(17)23)29-13-21(27)26-11-14-4-3-6-16(8-14)28-12-15-5-1-2-7-25-15/h1-10H,11-13H2,(H,26,27). The molecule has 1 aromatic heterocycles. The summed E-state index contributed by atoms with van der Waals surface area (Å²) in [5.74, 6) is 0.689. The van der Waals surface area contributed by atoms with Gasteiger partial charge in [0.15, 0.2) is 6.61 Å². The van der Waals surface area contributed by atoms with Gasteiger partial charge in [-0.1, -0.05) is 53.0 Å². The van der Waals surface area contributed by atoms with Crippen molar-refractivity contribution in [1.29, 1.82) is 0 Å². The Morgan fingerprint density at radius 3 is 2.55 bits per heavy atom. The van der Waals surface area contributed by atoms with E-state index >= 15 is 0 Å². The zero-order valence-electron chi connectivity index (χ0n) is 15.2. The zero-order valence-corrected chi connectivity index (χ0v) is 17.5. The van der Waals surface area contributed by atoms with Gasteiger partial charge in [0.2, 0.25) is 0 Å². The molecule has 0 spiro atoms. The van der Waals surface area contributed by atoms with Crippen LogP contribution in [0.15, 0.2) is 60.8 Å². The first-order valence-electron chi connectivity index (χ1n) is 8.67. The Morgan fingerprint density at radius 2 is 1.76 bits per heavy atom. The van der Waals surface area contributed by atoms with Crippen molar-refractivity contribution in [1.82, 2.24) is 10.3 Å². The van der Waals surface area contributed by atoms with Crippen LogP contribution in [-0.2, 0) is 17.9 Å². The molecular formula is C21H17Cl3N2O3. The van der Waals surface area contributed by atoms with Gasteiger partial charge >= 0.3 is 0 Å². The molecule has 2 aromatic carbocycles. The molecule has 5 nitrogen and oxygen atoms in total. The van der Waals surface area contributed by atoms with Crippen molar-refractivity contribution in [2.45, 2.75) is 13.2 Å². The molecule has 0 aliphatic carbocycles. The van der Waals surface area contributed by atoms with Crippen LogP contribution < -0.4 is 14.8 Å². The molecule has 150 valence electrons. The first-order valence-corrected chi connectivity index (χ1v) is 9.80. The van der Waals surface area contributed by atoms with Crippen LogP contribution in [0, 0.1) is 0 Å². The van der Waals surface area contributed by atoms with E-state index in [-0.39, 0.29) is 17.5 Å². The molecule has 0 saturated carbocycles. The Bertz CT molecular complexity index is 984. The van der Waals surface area contributed by atoms with Crippen molar-refractivity contribution >= 4 is 40.7 Å². The number of benzene rings is 2. The molecule has 0 aliphatic rings. The van der Waals surface area contributed by atoms with Crippen LogP contribution in [-0.4, -0.2) is 17.5 Å². The van der Waals surface area contributed by atoms with Crippen LogP contribution in [0.2, 0.25) is 15.1 Å². The molecule has 1 amide bonds. The van der Waals surface area contributed by atoms with Crippen LogP contribution in [0.1, 0.15) is 11.3 Å². The number of pyridine rings is 1. The lowest BCUT2D eigenvalue weighted by Gasteiger charge is -2.11. The van der Waals surface area contributed by atoms with E-state index in [1.54, 1.807) is 6.20 Å². The molecule has 8 heteroatoms. The topological polar surface area (TPSA) is 60.5 Å². The van der Waals surface area contributed by atoms with Crippen LogP contribution in [0.5, 0.6) is 11.5 Å². The van der Waals surface area contributed by atoms with Crippen LogP contribution in [0.4, 0.5) is 0 Å². The number of amides is 1. The molecule has 0 radical (unpaired) electrons. The SMILES string of the molecule is O=C(COc1cc(Cl)c(Cl)cc1Cl)NCc1cccc(OCc2ccccn2)c1. The third-order valence-electron chi connectivity index (χ3n) is 3.83. The summed E-state index contributed by atoms with van der Waals surface area (Å²) in [7, 11) is 0. The van der Waals surface area contributed by atoms with Crippen molar-refractivity contribution in [2.75, 3.05) is 6.61 Å². The van der Waals surface area contributed by atoms with E-state index in [1.807, 2.05) is 42.5 Å². The average molecular weight is 452 g/mol. The van der Waals surface area contributed by atoms with Crippen LogP contribution >= 0.6 is 34.8 Å². The Balaban J connectivity index is 1.48. The second kappa shape index (κ2) is 10.3. The number of nitrogens with one attached hydrogen (secondary N) is 1. The van der Waals surface area contributed by atoms with Gasteiger partial charge in [0.1, 0.15) is 18.1 Å². The fourth-order valence-electron chi connectivity index (χ4n) is 2.40. The minimum atomic E-state index is -0.299. The third-order valence-corrected chi connectivity index (χ3v) is 4.85. The van der Waals surface area contributed by atoms with Crippen molar-refractivity contribution in [2.24, 2.45) is 0 Å². The normalized spacial score (nSPS) is 10.4. The lowest BCUT2D eigenvalue weighted by atomic mass is 10.2. The number of aromatic nitrogens is 1. The van der Waals surface area contributed by atoms with Crippen molar-refractivity contribution in [3.05, 3.63) is 87.1 Å². The Hall–Kier alpha value is -2.47. The molecule has 29 heavy (non-hydrogen) atoms. The third kappa shape index (κ3) is 6.53. The summed E-state index contributed by atoms with van der Waals surface area (Å²) in [6.07, 6.45) is 1.72. The maximum Gasteiger partial charge on any atom is 0.258 e. The minimum absolute atomic E-state index is 0.201. The fraction of sp³-hybridized carbons (Fsp3) is 0.143. The highest BCUT2D eigenvalue weighted by atomic mass is 35.5. The molecule has 1 N–H and O–H groups in total. The monoisotopic (exact) mass is 450 g/mol. The van der Waals surface area contributed by atoms with E-state index < -0.39 is 0 Å². The smallest absolute Gasteiger partial charge is 0.258 e. The van der Waals surface area contributed by atoms with E-state index in [2.05, 4.69) is 10.3 Å². The highest BCUT2D eigenvalue weighted by Crippen LogP contribution is 2.33. The van der Waals surface area contributed by atoms with Crippen LogP contribution in [0.25, 0.3) is 0 Å². The Morgan fingerprint density at radius 1 is 0.931 bits per heavy atom. The number of hydrogen-bond donors (Lipinski definition) is 1. The molecular weight excluding hydrogens is 435 g/mol. The zero-order chi connectivity index (χ0) is 20.6. The predicted molar refractivity (Wildman–Crippen MR) is 114 cm³/mol. The Kier molecular flexibility index (Phi) is 7.58. The summed E-state index contributed by atoms with van der Waals surface area (Å²) in [4.78, 5) is 16.3. The number of hydrogen-bond acceptors (Lipinski definition) is 4. The van der Waals surface area contributed by atoms with Crippen molar-refractivity contribution in [3.63, 3.8) is 0 Å². The molecule has 3 aromatic rings. The van der Waals surface area contributed by atoms with Gasteiger partial charge < -0.3 is 14.8 Å². The molecule has 1 heterocycles. The summed E-state index contributed by atoms with van der Waals surface area (Å²) in [5.41, 5.74) is 1.73. The van der Waals surface area contributed by atoms with E-state index in [0.29, 0.717) is 34.7 Å². The fourth-order valence-corrected chi connectivity index (χ4v) is 2.99. The van der Waals surface area contributed by atoms with Gasteiger partial charge in [0, 0.05) is 18.8 Å². The number of halogens is 3. The first-order chi connectivity index (χ1) is 14.0. The maximum absolute atomic E-state index is 12.1. The highest BCUT2D eigenvalue weighted by molar-refractivity contribution is 6.43. The largest absolute Gasteiger partial charge is 0.487 e. The number of nitrogens with zero attached hydrogens (tertiary/aromatic N) is 1. The molecule has 0 fully saturated rings. The minimum Gasteiger partial charge on any atom is -0.487 e. The average Bonchev–Trinajstić information content (AvgIpc) is 2.73. The Labute approximate surface area is 183 Å². The van der Waals surface area contributed by atoms with E-state index in [0.717, 1.165) is 11.3 Å². The maximum atomic E-state index is 12.1. The summed E-state index contributed by atoms with van der Waals surface area (Å²) in [5, 5.41) is 3.68. The summed E-state index contributed by atoms with van der Waals surface area (Å²) in [6.45, 7) is 0.501. The summed E-state index contributed by atoms with van der Waals surface area (Å²) < 4.78 is 11.2.